The van der Waals surface area contributed by atoms with Gasteiger partial charge in [0, 0.05) is 30.1 Å². The topological polar surface area (TPSA) is 63.9 Å². The van der Waals surface area contributed by atoms with E-state index in [9.17, 15) is 4.79 Å². The average Bonchev–Trinajstić information content (AvgIpc) is 3.18. The van der Waals surface area contributed by atoms with Crippen molar-refractivity contribution >= 4 is 16.7 Å². The summed E-state index contributed by atoms with van der Waals surface area (Å²) in [5.74, 6) is 0.462. The summed E-state index contributed by atoms with van der Waals surface area (Å²) in [5, 5.41) is 13.9. The lowest BCUT2D eigenvalue weighted by atomic mass is 9.90. The van der Waals surface area contributed by atoms with E-state index in [4.69, 9.17) is 0 Å². The molecule has 152 valence electrons. The second-order valence-corrected chi connectivity index (χ2v) is 8.12. The summed E-state index contributed by atoms with van der Waals surface area (Å²) in [4.78, 5) is 15.3. The molecule has 2 aromatic heterocycles. The molecule has 0 spiro atoms. The molecule has 1 fully saturated rings. The Morgan fingerprint density at radius 2 is 1.97 bits per heavy atom. The zero-order valence-corrected chi connectivity index (χ0v) is 17.3. The summed E-state index contributed by atoms with van der Waals surface area (Å²) in [6.45, 7) is 5.45. The Labute approximate surface area is 171 Å². The van der Waals surface area contributed by atoms with Gasteiger partial charge in [-0.3, -0.25) is 9.48 Å². The zero-order valence-electron chi connectivity index (χ0n) is 17.3. The van der Waals surface area contributed by atoms with Gasteiger partial charge in [0.2, 0.25) is 0 Å². The number of hydrogen-bond acceptors (Lipinski definition) is 5. The van der Waals surface area contributed by atoms with Crippen molar-refractivity contribution in [2.24, 2.45) is 13.0 Å². The number of ketones is 1. The van der Waals surface area contributed by atoms with Crippen molar-refractivity contribution in [1.82, 2.24) is 24.9 Å². The molecule has 3 heterocycles. The fourth-order valence-corrected chi connectivity index (χ4v) is 4.11. The maximum atomic E-state index is 12.8. The van der Waals surface area contributed by atoms with Crippen molar-refractivity contribution in [3.05, 3.63) is 42.4 Å². The van der Waals surface area contributed by atoms with E-state index in [1.54, 1.807) is 4.68 Å². The Morgan fingerprint density at radius 3 is 2.69 bits per heavy atom. The van der Waals surface area contributed by atoms with Crippen LogP contribution in [0.5, 0.6) is 0 Å². The molecule has 29 heavy (non-hydrogen) atoms. The highest BCUT2D eigenvalue weighted by atomic mass is 16.1. The van der Waals surface area contributed by atoms with Crippen LogP contribution >= 0.6 is 0 Å². The lowest BCUT2D eigenvalue weighted by Crippen LogP contribution is -2.37. The SMILES string of the molecule is CCCCN1CCC(C(=O)Cc2cc3cc(-c4cnn(C)c4)ccc3nn2)CC1. The Balaban J connectivity index is 1.43. The number of piperidine rings is 1. The van der Waals surface area contributed by atoms with Crippen molar-refractivity contribution in [3.8, 4) is 11.1 Å². The van der Waals surface area contributed by atoms with Gasteiger partial charge < -0.3 is 4.90 Å². The van der Waals surface area contributed by atoms with Crippen LogP contribution < -0.4 is 0 Å². The zero-order chi connectivity index (χ0) is 20.2. The summed E-state index contributed by atoms with van der Waals surface area (Å²) < 4.78 is 1.79. The molecule has 1 saturated heterocycles. The van der Waals surface area contributed by atoms with E-state index >= 15 is 0 Å². The van der Waals surface area contributed by atoms with Crippen LogP contribution in [-0.4, -0.2) is 50.3 Å². The van der Waals surface area contributed by atoms with E-state index in [0.717, 1.165) is 60.2 Å². The van der Waals surface area contributed by atoms with Crippen LogP contribution in [0.4, 0.5) is 0 Å². The number of nitrogens with zero attached hydrogens (tertiary/aromatic N) is 5. The number of Topliss-reactive ketones (excluding diaryl/α,β-unsaturated/α-hetero) is 1. The fourth-order valence-electron chi connectivity index (χ4n) is 4.11. The van der Waals surface area contributed by atoms with E-state index < -0.39 is 0 Å². The first-order chi connectivity index (χ1) is 14.1. The fraction of sp³-hybridized carbons (Fsp3) is 0.478. The van der Waals surface area contributed by atoms with E-state index in [2.05, 4.69) is 33.2 Å². The highest BCUT2D eigenvalue weighted by Gasteiger charge is 2.25. The summed E-state index contributed by atoms with van der Waals surface area (Å²) in [7, 11) is 1.91. The van der Waals surface area contributed by atoms with Gasteiger partial charge in [0.15, 0.2) is 0 Å². The van der Waals surface area contributed by atoms with E-state index in [-0.39, 0.29) is 5.92 Å². The Kier molecular flexibility index (Phi) is 6.00. The lowest BCUT2D eigenvalue weighted by molar-refractivity contribution is -0.123. The average molecular weight is 392 g/mol. The van der Waals surface area contributed by atoms with Crippen LogP contribution in [0, 0.1) is 5.92 Å². The third kappa shape index (κ3) is 4.70. The predicted molar refractivity (Wildman–Crippen MR) is 115 cm³/mol. The standard InChI is InChI=1S/C23H29N5O/c1-3-4-9-28-10-7-17(8-11-28)23(29)14-21-13-19-12-18(5-6-22(19)26-25-21)20-15-24-27(2)16-20/h5-6,12-13,15-17H,3-4,7-11,14H2,1-2H3. The maximum Gasteiger partial charge on any atom is 0.142 e. The first-order valence-electron chi connectivity index (χ1n) is 10.6. The van der Waals surface area contributed by atoms with Gasteiger partial charge in [0.25, 0.3) is 0 Å². The van der Waals surface area contributed by atoms with Crippen LogP contribution in [-0.2, 0) is 18.3 Å². The molecule has 0 unspecified atom stereocenters. The number of carbonyl (C=O) groups is 1. The van der Waals surface area contributed by atoms with Gasteiger partial charge >= 0.3 is 0 Å². The monoisotopic (exact) mass is 391 g/mol. The van der Waals surface area contributed by atoms with Gasteiger partial charge in [-0.2, -0.15) is 15.3 Å². The quantitative estimate of drug-likeness (QED) is 0.615. The number of rotatable bonds is 7. The molecular formula is C23H29N5O. The van der Waals surface area contributed by atoms with Gasteiger partial charge in [-0.25, -0.2) is 0 Å². The van der Waals surface area contributed by atoms with Gasteiger partial charge in [-0.05, 0) is 62.7 Å². The molecule has 0 aliphatic carbocycles. The molecule has 4 rings (SSSR count). The van der Waals surface area contributed by atoms with E-state index in [1.807, 2.05) is 37.6 Å². The van der Waals surface area contributed by atoms with Crippen LogP contribution in [0.15, 0.2) is 36.7 Å². The van der Waals surface area contributed by atoms with Gasteiger partial charge in [-0.1, -0.05) is 19.4 Å². The smallest absolute Gasteiger partial charge is 0.142 e. The number of hydrogen-bond donors (Lipinski definition) is 0. The first kappa shape index (κ1) is 19.7. The lowest BCUT2D eigenvalue weighted by Gasteiger charge is -2.31. The summed E-state index contributed by atoms with van der Waals surface area (Å²) in [5.41, 5.74) is 3.77. The molecular weight excluding hydrogens is 362 g/mol. The van der Waals surface area contributed by atoms with E-state index in [0.29, 0.717) is 12.2 Å². The molecule has 0 N–H and O–H groups in total. The molecule has 3 aromatic rings. The number of carbonyl (C=O) groups excluding carboxylic acids is 1. The van der Waals surface area contributed by atoms with Crippen molar-refractivity contribution in [3.63, 3.8) is 0 Å². The molecule has 0 amide bonds. The number of fused-ring (bicyclic) bond motifs is 1. The van der Waals surface area contributed by atoms with Crippen LogP contribution in [0.3, 0.4) is 0 Å². The highest BCUT2D eigenvalue weighted by Crippen LogP contribution is 2.24. The number of benzene rings is 1. The van der Waals surface area contributed by atoms with Crippen LogP contribution in [0.2, 0.25) is 0 Å². The Bertz CT molecular complexity index is 988. The summed E-state index contributed by atoms with van der Waals surface area (Å²) in [6, 6.07) is 8.12. The summed E-state index contributed by atoms with van der Waals surface area (Å²) in [6.07, 6.45) is 8.62. The predicted octanol–water partition coefficient (Wildman–Crippen LogP) is 3.65. The van der Waals surface area contributed by atoms with E-state index in [1.165, 1.54) is 12.8 Å². The first-order valence-corrected chi connectivity index (χ1v) is 10.6. The van der Waals surface area contributed by atoms with Gasteiger partial charge in [0.05, 0.1) is 23.8 Å². The molecule has 0 atom stereocenters. The van der Waals surface area contributed by atoms with Crippen molar-refractivity contribution in [2.45, 2.75) is 39.0 Å². The second-order valence-electron chi connectivity index (χ2n) is 8.12. The minimum Gasteiger partial charge on any atom is -0.303 e. The Morgan fingerprint density at radius 1 is 1.14 bits per heavy atom. The highest BCUT2D eigenvalue weighted by molar-refractivity contribution is 5.86. The molecule has 6 nitrogen and oxygen atoms in total. The number of likely N-dealkylation sites (tertiary alicyclic amines) is 1. The Hall–Kier alpha value is -2.60. The minimum absolute atomic E-state index is 0.159. The molecule has 0 radical (unpaired) electrons. The number of unbranched alkanes of at least 4 members (excludes halogenated alkanes) is 1. The third-order valence-electron chi connectivity index (χ3n) is 5.90. The van der Waals surface area contributed by atoms with Crippen molar-refractivity contribution in [2.75, 3.05) is 19.6 Å². The van der Waals surface area contributed by atoms with Crippen molar-refractivity contribution < 1.29 is 4.79 Å². The largest absolute Gasteiger partial charge is 0.303 e. The minimum atomic E-state index is 0.159. The molecule has 6 heteroatoms. The normalized spacial score (nSPS) is 15.8. The number of aromatic nitrogens is 4. The molecule has 0 saturated carbocycles. The number of aryl methyl sites for hydroxylation is 1. The van der Waals surface area contributed by atoms with Crippen molar-refractivity contribution in [1.29, 1.82) is 0 Å². The molecule has 1 aliphatic heterocycles. The van der Waals surface area contributed by atoms with Gasteiger partial charge in [0.1, 0.15) is 5.78 Å². The second kappa shape index (κ2) is 8.82. The third-order valence-corrected chi connectivity index (χ3v) is 5.90. The maximum absolute atomic E-state index is 12.8. The molecule has 1 aliphatic rings. The molecule has 1 aromatic carbocycles. The molecule has 0 bridgehead atoms. The summed E-state index contributed by atoms with van der Waals surface area (Å²) >= 11 is 0. The van der Waals surface area contributed by atoms with Gasteiger partial charge in [-0.15, -0.1) is 0 Å². The van der Waals surface area contributed by atoms with Crippen LogP contribution in [0.1, 0.15) is 38.3 Å². The van der Waals surface area contributed by atoms with Crippen LogP contribution in [0.25, 0.3) is 22.0 Å².